The molecule has 3 aliphatic rings. The van der Waals surface area contributed by atoms with Crippen molar-refractivity contribution in [3.63, 3.8) is 0 Å². The number of ether oxygens (including phenoxy) is 1. The average Bonchev–Trinajstić information content (AvgIpc) is 3.27. The lowest BCUT2D eigenvalue weighted by atomic mass is 9.66. The summed E-state index contributed by atoms with van der Waals surface area (Å²) in [4.78, 5) is 0. The summed E-state index contributed by atoms with van der Waals surface area (Å²) in [6, 6.07) is 30.7. The Morgan fingerprint density at radius 1 is 0.650 bits per heavy atom. The van der Waals surface area contributed by atoms with Crippen molar-refractivity contribution >= 4 is 16.8 Å². The maximum atomic E-state index is 15.0. The van der Waals surface area contributed by atoms with Gasteiger partial charge in [-0.15, -0.1) is 0 Å². The second-order valence-electron chi connectivity index (χ2n) is 11.4. The first-order valence-corrected chi connectivity index (χ1v) is 14.2. The monoisotopic (exact) mass is 526 g/mol. The highest BCUT2D eigenvalue weighted by Crippen LogP contribution is 2.62. The number of fused-ring (bicyclic) bond motifs is 10. The molecule has 1 spiro atoms. The zero-order chi connectivity index (χ0) is 26.9. The Kier molecular flexibility index (Phi) is 5.10. The predicted molar refractivity (Wildman–Crippen MR) is 156 cm³/mol. The van der Waals surface area contributed by atoms with E-state index in [-0.39, 0.29) is 17.0 Å². The third kappa shape index (κ3) is 3.18. The molecule has 0 unspecified atom stereocenters. The smallest absolute Gasteiger partial charge is 0.178 e. The SMILES string of the molecule is Fc1ccc2c(c1)C1(CCCCC1)c1c3c(c4cc(F)ccc4c1-2)OC(c1ccccc1)(c1ccccc1)C=C3. The van der Waals surface area contributed by atoms with E-state index in [1.165, 1.54) is 18.1 Å². The van der Waals surface area contributed by atoms with Gasteiger partial charge in [0.2, 0.25) is 0 Å². The van der Waals surface area contributed by atoms with Crippen LogP contribution in [0.3, 0.4) is 0 Å². The van der Waals surface area contributed by atoms with E-state index in [9.17, 15) is 8.78 Å². The summed E-state index contributed by atoms with van der Waals surface area (Å²) in [5.74, 6) is 0.184. The van der Waals surface area contributed by atoms with E-state index in [1.807, 2.05) is 48.5 Å². The fourth-order valence-electron chi connectivity index (χ4n) is 7.68. The van der Waals surface area contributed by atoms with E-state index in [0.717, 1.165) is 69.8 Å². The van der Waals surface area contributed by atoms with Crippen LogP contribution < -0.4 is 4.74 Å². The van der Waals surface area contributed by atoms with Crippen LogP contribution in [-0.4, -0.2) is 0 Å². The summed E-state index contributed by atoms with van der Waals surface area (Å²) in [6.45, 7) is 0. The lowest BCUT2D eigenvalue weighted by molar-refractivity contribution is 0.163. The van der Waals surface area contributed by atoms with Crippen LogP contribution in [0.5, 0.6) is 5.75 Å². The van der Waals surface area contributed by atoms with E-state index in [4.69, 9.17) is 4.74 Å². The van der Waals surface area contributed by atoms with E-state index in [2.05, 4.69) is 36.4 Å². The molecule has 0 amide bonds. The second kappa shape index (κ2) is 8.63. The Bertz CT molecular complexity index is 1780. The molecule has 0 aromatic heterocycles. The number of halogens is 2. The number of hydrogen-bond donors (Lipinski definition) is 0. The van der Waals surface area contributed by atoms with Gasteiger partial charge in [0, 0.05) is 27.5 Å². The van der Waals surface area contributed by atoms with Gasteiger partial charge in [-0.05, 0) is 70.8 Å². The Morgan fingerprint density at radius 3 is 2.00 bits per heavy atom. The van der Waals surface area contributed by atoms with Gasteiger partial charge in [-0.2, -0.15) is 0 Å². The van der Waals surface area contributed by atoms with Crippen LogP contribution in [0.4, 0.5) is 8.78 Å². The quantitative estimate of drug-likeness (QED) is 0.222. The lowest BCUT2D eigenvalue weighted by Crippen LogP contribution is -2.35. The highest BCUT2D eigenvalue weighted by atomic mass is 19.1. The van der Waals surface area contributed by atoms with E-state index in [0.29, 0.717) is 5.75 Å². The molecule has 1 aliphatic heterocycles. The summed E-state index contributed by atoms with van der Waals surface area (Å²) in [5.41, 5.74) is 6.29. The molecule has 0 N–H and O–H groups in total. The third-order valence-corrected chi connectivity index (χ3v) is 9.36. The van der Waals surface area contributed by atoms with Gasteiger partial charge in [-0.3, -0.25) is 0 Å². The van der Waals surface area contributed by atoms with E-state index < -0.39 is 5.60 Å². The molecule has 1 heterocycles. The summed E-state index contributed by atoms with van der Waals surface area (Å²) >= 11 is 0. The maximum Gasteiger partial charge on any atom is 0.178 e. The molecule has 0 saturated heterocycles. The normalized spacial score (nSPS) is 17.8. The molecular weight excluding hydrogens is 498 g/mol. The Balaban J connectivity index is 1.48. The largest absolute Gasteiger partial charge is 0.472 e. The van der Waals surface area contributed by atoms with E-state index >= 15 is 0 Å². The maximum absolute atomic E-state index is 15.0. The molecule has 0 bridgehead atoms. The summed E-state index contributed by atoms with van der Waals surface area (Å²) in [5, 5.41) is 1.70. The fourth-order valence-corrected chi connectivity index (χ4v) is 7.68. The van der Waals surface area contributed by atoms with Gasteiger partial charge in [0.25, 0.3) is 0 Å². The topological polar surface area (TPSA) is 9.23 Å². The zero-order valence-corrected chi connectivity index (χ0v) is 22.1. The first-order chi connectivity index (χ1) is 19.6. The van der Waals surface area contributed by atoms with Crippen molar-refractivity contribution in [1.29, 1.82) is 0 Å². The molecule has 40 heavy (non-hydrogen) atoms. The van der Waals surface area contributed by atoms with Crippen molar-refractivity contribution in [2.45, 2.75) is 43.1 Å². The molecule has 8 rings (SSSR count). The van der Waals surface area contributed by atoms with Crippen molar-refractivity contribution in [3.8, 4) is 16.9 Å². The van der Waals surface area contributed by atoms with Gasteiger partial charge in [0.05, 0.1) is 0 Å². The Morgan fingerprint density at radius 2 is 1.30 bits per heavy atom. The lowest BCUT2D eigenvalue weighted by Gasteiger charge is -2.41. The molecule has 5 aromatic carbocycles. The van der Waals surface area contributed by atoms with Gasteiger partial charge in [0.1, 0.15) is 17.4 Å². The third-order valence-electron chi connectivity index (χ3n) is 9.36. The minimum absolute atomic E-state index is 0.209. The molecule has 2 aliphatic carbocycles. The van der Waals surface area contributed by atoms with Crippen molar-refractivity contribution in [3.05, 3.63) is 143 Å². The first kappa shape index (κ1) is 23.6. The molecule has 3 heteroatoms. The van der Waals surface area contributed by atoms with Crippen LogP contribution in [0.2, 0.25) is 0 Å². The van der Waals surface area contributed by atoms with Crippen LogP contribution in [-0.2, 0) is 11.0 Å². The minimum Gasteiger partial charge on any atom is -0.472 e. The number of hydrogen-bond acceptors (Lipinski definition) is 1. The van der Waals surface area contributed by atoms with Gasteiger partial charge < -0.3 is 4.74 Å². The Labute approximate surface area is 232 Å². The fraction of sp³-hybridized carbons (Fsp3) is 0.189. The molecule has 1 saturated carbocycles. The van der Waals surface area contributed by atoms with Crippen LogP contribution >= 0.6 is 0 Å². The standard InChI is InChI=1S/C37H28F2O/c38-26-14-16-28-31(22-26)35-30(18-21-37(40-35,24-10-4-1-5-11-24)25-12-6-2-7-13-25)34-33(28)29-17-15-27(39)23-32(29)36(34)19-8-3-9-20-36/h1-2,4-7,10-18,21-23H,3,8-9,19-20H2. The van der Waals surface area contributed by atoms with Gasteiger partial charge in [-0.1, -0.05) is 98.1 Å². The van der Waals surface area contributed by atoms with Gasteiger partial charge in [-0.25, -0.2) is 8.78 Å². The summed E-state index contributed by atoms with van der Waals surface area (Å²) in [6.07, 6.45) is 9.65. The molecule has 5 aromatic rings. The molecule has 0 atom stereocenters. The van der Waals surface area contributed by atoms with Crippen molar-refractivity contribution in [2.75, 3.05) is 0 Å². The van der Waals surface area contributed by atoms with Crippen LogP contribution in [0.15, 0.2) is 103 Å². The highest BCUT2D eigenvalue weighted by Gasteiger charge is 2.48. The average molecular weight is 527 g/mol. The van der Waals surface area contributed by atoms with Crippen LogP contribution in [0.1, 0.15) is 59.9 Å². The highest BCUT2D eigenvalue weighted by molar-refractivity contribution is 6.08. The molecular formula is C37H28F2O. The first-order valence-electron chi connectivity index (χ1n) is 14.2. The molecule has 1 fully saturated rings. The molecule has 196 valence electrons. The minimum atomic E-state index is -0.875. The van der Waals surface area contributed by atoms with Crippen molar-refractivity contribution in [2.24, 2.45) is 0 Å². The number of benzene rings is 5. The van der Waals surface area contributed by atoms with E-state index in [1.54, 1.807) is 18.2 Å². The zero-order valence-electron chi connectivity index (χ0n) is 22.1. The molecule has 0 radical (unpaired) electrons. The second-order valence-corrected chi connectivity index (χ2v) is 11.4. The van der Waals surface area contributed by atoms with Gasteiger partial charge >= 0.3 is 0 Å². The van der Waals surface area contributed by atoms with Crippen molar-refractivity contribution in [1.82, 2.24) is 0 Å². The molecule has 1 nitrogen and oxygen atoms in total. The van der Waals surface area contributed by atoms with Crippen LogP contribution in [0.25, 0.3) is 28.0 Å². The summed E-state index contributed by atoms with van der Waals surface area (Å²) in [7, 11) is 0. The predicted octanol–water partition coefficient (Wildman–Crippen LogP) is 9.70. The van der Waals surface area contributed by atoms with Gasteiger partial charge in [0.15, 0.2) is 5.60 Å². The Hall–Kier alpha value is -4.24. The summed E-state index contributed by atoms with van der Waals surface area (Å²) < 4.78 is 37.0. The van der Waals surface area contributed by atoms with Crippen molar-refractivity contribution < 1.29 is 13.5 Å². The number of rotatable bonds is 2. The van der Waals surface area contributed by atoms with Crippen LogP contribution in [0, 0.1) is 11.6 Å².